The highest BCUT2D eigenvalue weighted by atomic mass is 35.5. The Morgan fingerprint density at radius 3 is 2.50 bits per heavy atom. The molecule has 0 spiro atoms. The minimum atomic E-state index is -2.03. The third-order valence-electron chi connectivity index (χ3n) is 6.28. The molecule has 0 amide bonds. The first-order chi connectivity index (χ1) is 16.8. The number of esters is 1. The van der Waals surface area contributed by atoms with Crippen molar-refractivity contribution in [3.05, 3.63) is 58.0 Å². The molecule has 0 aromatic heterocycles. The molecule has 2 rings (SSSR count). The molecule has 0 radical (unpaired) electrons. The van der Waals surface area contributed by atoms with Crippen molar-refractivity contribution in [1.82, 2.24) is 4.90 Å². The van der Waals surface area contributed by atoms with Gasteiger partial charge in [0.25, 0.3) is 0 Å². The maximum absolute atomic E-state index is 13.3. The first-order valence-electron chi connectivity index (χ1n) is 12.1. The summed E-state index contributed by atoms with van der Waals surface area (Å²) in [6, 6.07) is -0.934. The fourth-order valence-electron chi connectivity index (χ4n) is 3.99. The smallest absolute Gasteiger partial charge is 0.320 e. The van der Waals surface area contributed by atoms with Gasteiger partial charge < -0.3 is 20.5 Å². The van der Waals surface area contributed by atoms with Crippen molar-refractivity contribution < 1.29 is 29.0 Å². The Morgan fingerprint density at radius 2 is 1.92 bits per heavy atom. The summed E-state index contributed by atoms with van der Waals surface area (Å²) in [4.78, 5) is 50.7. The zero-order valence-electron chi connectivity index (χ0n) is 21.5. The van der Waals surface area contributed by atoms with Gasteiger partial charge in [-0.3, -0.25) is 19.2 Å². The average Bonchev–Trinajstić information content (AvgIpc) is 2.82. The van der Waals surface area contributed by atoms with Gasteiger partial charge in [-0.25, -0.2) is 0 Å². The van der Waals surface area contributed by atoms with Crippen molar-refractivity contribution in [2.24, 2.45) is 11.7 Å². The van der Waals surface area contributed by atoms with Crippen LogP contribution in [0.4, 0.5) is 0 Å². The van der Waals surface area contributed by atoms with Crippen molar-refractivity contribution in [2.45, 2.75) is 71.9 Å². The summed E-state index contributed by atoms with van der Waals surface area (Å²) >= 11 is 6.41. The van der Waals surface area contributed by atoms with Crippen LogP contribution in [0.5, 0.6) is 0 Å². The molecule has 0 aromatic carbocycles. The number of halogens is 1. The lowest BCUT2D eigenvalue weighted by molar-refractivity contribution is -0.167. The van der Waals surface area contributed by atoms with E-state index in [9.17, 15) is 19.2 Å². The maximum atomic E-state index is 13.3. The summed E-state index contributed by atoms with van der Waals surface area (Å²) in [6.07, 6.45) is 11.8. The quantitative estimate of drug-likeness (QED) is 0.180. The molecule has 3 atom stereocenters. The molecule has 196 valence electrons. The minimum Gasteiger partial charge on any atom is -0.480 e. The molecule has 3 unspecified atom stereocenters. The Morgan fingerprint density at radius 1 is 1.25 bits per heavy atom. The molecule has 0 saturated carbocycles. The molecule has 8 nitrogen and oxygen atoms in total. The second-order valence-electron chi connectivity index (χ2n) is 9.39. The first-order valence-corrected chi connectivity index (χ1v) is 12.4. The number of rotatable bonds is 11. The first kappa shape index (κ1) is 29.3. The van der Waals surface area contributed by atoms with Crippen molar-refractivity contribution in [3.8, 4) is 0 Å². The Balaban J connectivity index is 2.44. The summed E-state index contributed by atoms with van der Waals surface area (Å²) in [7, 11) is 0. The van der Waals surface area contributed by atoms with Crippen LogP contribution in [0.3, 0.4) is 0 Å². The van der Waals surface area contributed by atoms with Gasteiger partial charge in [0.15, 0.2) is 0 Å². The number of ether oxygens (including phenoxy) is 1. The highest BCUT2D eigenvalue weighted by Crippen LogP contribution is 2.39. The van der Waals surface area contributed by atoms with E-state index >= 15 is 0 Å². The molecule has 2 aliphatic rings. The molecule has 9 heteroatoms. The van der Waals surface area contributed by atoms with Gasteiger partial charge in [-0.05, 0) is 51.2 Å². The number of carboxylic acid groups (broad SMARTS) is 1. The normalized spacial score (nSPS) is 22.3. The van der Waals surface area contributed by atoms with Crippen LogP contribution < -0.4 is 5.73 Å². The van der Waals surface area contributed by atoms with Crippen molar-refractivity contribution in [3.63, 3.8) is 0 Å². The minimum absolute atomic E-state index is 0.172. The number of fused-ring (bicyclic) bond motifs is 1. The number of carbonyl (C=O) groups is 4. The van der Waals surface area contributed by atoms with Crippen LogP contribution in [0.15, 0.2) is 58.0 Å². The van der Waals surface area contributed by atoms with E-state index in [0.717, 1.165) is 18.9 Å². The zero-order valence-corrected chi connectivity index (χ0v) is 22.2. The van der Waals surface area contributed by atoms with Crippen LogP contribution in [-0.2, 0) is 23.9 Å². The van der Waals surface area contributed by atoms with Crippen LogP contribution in [0, 0.1) is 5.92 Å². The van der Waals surface area contributed by atoms with Crippen molar-refractivity contribution in [1.29, 1.82) is 0 Å². The number of allylic oxidation sites excluding steroid dienone is 6. The molecular formula is C27H35ClN2O6. The number of hydrogen-bond acceptors (Lipinski definition) is 7. The van der Waals surface area contributed by atoms with Gasteiger partial charge in [-0.15, -0.1) is 0 Å². The maximum Gasteiger partial charge on any atom is 0.320 e. The van der Waals surface area contributed by atoms with E-state index in [2.05, 4.69) is 19.9 Å². The van der Waals surface area contributed by atoms with Gasteiger partial charge >= 0.3 is 11.9 Å². The highest BCUT2D eigenvalue weighted by molar-refractivity contribution is 6.49. The van der Waals surface area contributed by atoms with Crippen LogP contribution >= 0.6 is 11.6 Å². The second kappa shape index (κ2) is 12.3. The fourth-order valence-corrected chi connectivity index (χ4v) is 4.33. The summed E-state index contributed by atoms with van der Waals surface area (Å²) in [6.45, 7) is 9.08. The second-order valence-corrected chi connectivity index (χ2v) is 9.77. The van der Waals surface area contributed by atoms with Crippen LogP contribution in [0.2, 0.25) is 0 Å². The number of carbonyl (C=O) groups excluding carboxylic acids is 3. The molecule has 0 bridgehead atoms. The Kier molecular flexibility index (Phi) is 10.0. The zero-order chi connectivity index (χ0) is 27.2. The number of nitrogens with zero attached hydrogens (tertiary/aromatic N) is 1. The number of hydrogen-bond donors (Lipinski definition) is 2. The van der Waals surface area contributed by atoms with E-state index in [4.69, 9.17) is 27.2 Å². The van der Waals surface area contributed by atoms with E-state index in [1.54, 1.807) is 12.3 Å². The molecular weight excluding hydrogens is 484 g/mol. The fraction of sp³-hybridized carbons (Fsp3) is 0.481. The predicted molar refractivity (Wildman–Crippen MR) is 138 cm³/mol. The van der Waals surface area contributed by atoms with Gasteiger partial charge in [0.2, 0.25) is 17.2 Å². The number of unbranched alkanes of at least 4 members (excludes halogenated alkanes) is 1. The number of ketones is 2. The monoisotopic (exact) mass is 518 g/mol. The Labute approximate surface area is 217 Å². The van der Waals surface area contributed by atoms with Gasteiger partial charge in [-0.2, -0.15) is 0 Å². The lowest BCUT2D eigenvalue weighted by Crippen LogP contribution is -2.52. The summed E-state index contributed by atoms with van der Waals surface area (Å²) in [5, 5.41) is 8.83. The topological polar surface area (TPSA) is 127 Å². The highest BCUT2D eigenvalue weighted by Gasteiger charge is 2.52. The van der Waals surface area contributed by atoms with Gasteiger partial charge in [0.05, 0.1) is 5.03 Å². The summed E-state index contributed by atoms with van der Waals surface area (Å²) in [5.74, 6) is -2.81. The van der Waals surface area contributed by atoms with E-state index in [0.29, 0.717) is 37.4 Å². The Bertz CT molecular complexity index is 1080. The van der Waals surface area contributed by atoms with Crippen LogP contribution in [0.1, 0.15) is 60.3 Å². The lowest BCUT2D eigenvalue weighted by atomic mass is 9.79. The molecule has 0 fully saturated rings. The van der Waals surface area contributed by atoms with Crippen LogP contribution in [0.25, 0.3) is 0 Å². The van der Waals surface area contributed by atoms with E-state index < -0.39 is 35.1 Å². The average molecular weight is 519 g/mol. The standard InChI is InChI=1S/C27H35ClN2O6/c1-6-16(2)13-17(3)10-11-19-14-20-21(15-30(19)12-8-7-9-22(29)26(34)35)24(32)27(5,36-18(4)31)25(33)23(20)28/h10-11,13-16,22H,6-9,12,29H2,1-5H3,(H,34,35)/b11-10+,17-13+. The number of carboxylic acids is 1. The van der Waals surface area contributed by atoms with Gasteiger partial charge in [0.1, 0.15) is 6.04 Å². The molecule has 3 N–H and O–H groups in total. The number of aliphatic carboxylic acids is 1. The SMILES string of the molecule is CCC(C)/C=C(C)/C=C/C1=CC2=C(Cl)C(=O)C(C)(OC(C)=O)C(=O)C2=CN1CCCCC(N)C(=O)O. The molecule has 1 aliphatic carbocycles. The van der Waals surface area contributed by atoms with E-state index in [1.165, 1.54) is 6.92 Å². The molecule has 1 heterocycles. The van der Waals surface area contributed by atoms with Crippen molar-refractivity contribution in [2.75, 3.05) is 6.54 Å². The van der Waals surface area contributed by atoms with E-state index in [-0.39, 0.29) is 16.2 Å². The van der Waals surface area contributed by atoms with Gasteiger partial charge in [-0.1, -0.05) is 49.6 Å². The molecule has 0 saturated heterocycles. The van der Waals surface area contributed by atoms with Crippen LogP contribution in [-0.4, -0.2) is 51.7 Å². The predicted octanol–water partition coefficient (Wildman–Crippen LogP) is 4.17. The van der Waals surface area contributed by atoms with Gasteiger partial charge in [0, 0.05) is 36.5 Å². The third kappa shape index (κ3) is 6.83. The number of Topliss-reactive ketones (excluding diaryl/α,β-unsaturated/α-hetero) is 2. The summed E-state index contributed by atoms with van der Waals surface area (Å²) in [5.41, 5.74) is 5.80. The molecule has 36 heavy (non-hydrogen) atoms. The molecule has 0 aromatic rings. The number of nitrogens with two attached hydrogens (primary N) is 1. The summed E-state index contributed by atoms with van der Waals surface area (Å²) < 4.78 is 5.13. The molecule has 1 aliphatic heterocycles. The van der Waals surface area contributed by atoms with Crippen molar-refractivity contribution >= 4 is 35.1 Å². The Hall–Kier alpha value is -2.97. The third-order valence-corrected chi connectivity index (χ3v) is 6.66. The lowest BCUT2D eigenvalue weighted by Gasteiger charge is -2.35. The largest absolute Gasteiger partial charge is 0.480 e. The van der Waals surface area contributed by atoms with E-state index in [1.807, 2.05) is 24.0 Å².